The van der Waals surface area contributed by atoms with Crippen LogP contribution in [0.15, 0.2) is 53.4 Å². The van der Waals surface area contributed by atoms with Gasteiger partial charge in [0.1, 0.15) is 0 Å². The normalized spacial score (nSPS) is 13.5. The average Bonchev–Trinajstić information content (AvgIpc) is 2.77. The molecule has 2 aromatic carbocycles. The number of sulfone groups is 1. The monoisotopic (exact) mass is 462 g/mol. The van der Waals surface area contributed by atoms with Gasteiger partial charge in [0.05, 0.1) is 30.3 Å². The molecule has 0 saturated heterocycles. The smallest absolute Gasteiger partial charge is 0.307 e. The molecule has 2 aromatic rings. The largest absolute Gasteiger partial charge is 0.493 e. The van der Waals surface area contributed by atoms with Crippen LogP contribution >= 0.6 is 0 Å². The number of carboxylic acids is 1. The van der Waals surface area contributed by atoms with Crippen LogP contribution in [0.1, 0.15) is 45.1 Å². The Balaban J connectivity index is 2.32. The number of aryl methyl sites for hydroxylation is 1. The summed E-state index contributed by atoms with van der Waals surface area (Å²) >= 11 is 0. The Labute approximate surface area is 191 Å². The predicted molar refractivity (Wildman–Crippen MR) is 125 cm³/mol. The van der Waals surface area contributed by atoms with E-state index in [1.54, 1.807) is 0 Å². The van der Waals surface area contributed by atoms with Gasteiger partial charge >= 0.3 is 5.97 Å². The lowest BCUT2D eigenvalue weighted by atomic mass is 9.91. The third-order valence-electron chi connectivity index (χ3n) is 5.62. The second-order valence-electron chi connectivity index (χ2n) is 8.41. The number of benzene rings is 2. The van der Waals surface area contributed by atoms with Crippen molar-refractivity contribution < 1.29 is 27.8 Å². The van der Waals surface area contributed by atoms with Crippen molar-refractivity contribution in [2.24, 2.45) is 11.8 Å². The van der Waals surface area contributed by atoms with Crippen LogP contribution in [0.4, 0.5) is 0 Å². The summed E-state index contributed by atoms with van der Waals surface area (Å²) in [4.78, 5) is 12.2. The summed E-state index contributed by atoms with van der Waals surface area (Å²) in [6, 6.07) is 14.4. The minimum atomic E-state index is -3.91. The molecule has 0 bridgehead atoms. The molecular formula is C25H34O6S. The Morgan fingerprint density at radius 2 is 1.62 bits per heavy atom. The molecule has 2 atom stereocenters. The van der Waals surface area contributed by atoms with Gasteiger partial charge in [0.25, 0.3) is 0 Å². The minimum absolute atomic E-state index is 0.0539. The van der Waals surface area contributed by atoms with E-state index in [9.17, 15) is 18.3 Å². The van der Waals surface area contributed by atoms with Gasteiger partial charge in [0.15, 0.2) is 21.3 Å². The maximum atomic E-state index is 13.6. The second-order valence-corrected chi connectivity index (χ2v) is 10.6. The molecule has 0 spiro atoms. The first-order valence-corrected chi connectivity index (χ1v) is 12.5. The molecule has 0 aliphatic rings. The highest BCUT2D eigenvalue weighted by Gasteiger charge is 2.39. The quantitative estimate of drug-likeness (QED) is 0.421. The summed E-state index contributed by atoms with van der Waals surface area (Å²) in [5.41, 5.74) is 1.18. The summed E-state index contributed by atoms with van der Waals surface area (Å²) in [5.74, 6) is -1.28. The third-order valence-corrected chi connectivity index (χ3v) is 7.89. The van der Waals surface area contributed by atoms with Gasteiger partial charge in [-0.2, -0.15) is 0 Å². The zero-order valence-electron chi connectivity index (χ0n) is 19.3. The highest BCUT2D eigenvalue weighted by atomic mass is 32.2. The molecule has 1 N–H and O–H groups in total. The highest BCUT2D eigenvalue weighted by Crippen LogP contribution is 2.35. The molecular weight excluding hydrogens is 428 g/mol. The molecule has 0 amide bonds. The number of hydrogen-bond acceptors (Lipinski definition) is 5. The molecule has 7 heteroatoms. The van der Waals surface area contributed by atoms with Crippen molar-refractivity contribution in [2.45, 2.75) is 56.1 Å². The maximum absolute atomic E-state index is 13.6. The molecule has 32 heavy (non-hydrogen) atoms. The van der Waals surface area contributed by atoms with Crippen LogP contribution in [0.2, 0.25) is 0 Å². The summed E-state index contributed by atoms with van der Waals surface area (Å²) in [5, 5.41) is 8.89. The summed E-state index contributed by atoms with van der Waals surface area (Å²) in [7, 11) is -0.995. The fraction of sp³-hybridized carbons (Fsp3) is 0.480. The van der Waals surface area contributed by atoms with Crippen LogP contribution in [-0.2, 0) is 21.1 Å². The van der Waals surface area contributed by atoms with Crippen molar-refractivity contribution >= 4 is 15.8 Å². The topological polar surface area (TPSA) is 89.9 Å². The van der Waals surface area contributed by atoms with Crippen molar-refractivity contribution in [1.82, 2.24) is 0 Å². The van der Waals surface area contributed by atoms with E-state index in [-0.39, 0.29) is 17.2 Å². The Morgan fingerprint density at radius 3 is 2.19 bits per heavy atom. The Hall–Kier alpha value is -2.54. The van der Waals surface area contributed by atoms with E-state index in [0.29, 0.717) is 24.3 Å². The second kappa shape index (κ2) is 11.9. The predicted octanol–water partition coefficient (Wildman–Crippen LogP) is 5.01. The van der Waals surface area contributed by atoms with E-state index in [1.807, 2.05) is 44.2 Å². The summed E-state index contributed by atoms with van der Waals surface area (Å²) in [6.07, 6.45) is 2.81. The molecule has 6 nitrogen and oxygen atoms in total. The van der Waals surface area contributed by atoms with Gasteiger partial charge in [-0.3, -0.25) is 4.79 Å². The van der Waals surface area contributed by atoms with Crippen molar-refractivity contribution in [3.8, 4) is 11.5 Å². The molecule has 176 valence electrons. The SMILES string of the molecule is COc1ccc(S(=O)(=O)C(CCCCc2ccccc2)C(CC(C)C)C(=O)O)cc1OC. The van der Waals surface area contributed by atoms with Crippen LogP contribution in [0.5, 0.6) is 11.5 Å². The van der Waals surface area contributed by atoms with Gasteiger partial charge in [-0.15, -0.1) is 0 Å². The fourth-order valence-corrected chi connectivity index (χ4v) is 6.00. The zero-order chi connectivity index (χ0) is 23.7. The number of ether oxygens (including phenoxy) is 2. The lowest BCUT2D eigenvalue weighted by molar-refractivity contribution is -0.142. The number of carbonyl (C=O) groups is 1. The lowest BCUT2D eigenvalue weighted by Gasteiger charge is -2.26. The van der Waals surface area contributed by atoms with Gasteiger partial charge in [-0.1, -0.05) is 50.6 Å². The van der Waals surface area contributed by atoms with E-state index < -0.39 is 27.0 Å². The van der Waals surface area contributed by atoms with Gasteiger partial charge in [-0.25, -0.2) is 8.42 Å². The molecule has 2 rings (SSSR count). The number of aliphatic carboxylic acids is 1. The van der Waals surface area contributed by atoms with E-state index in [0.717, 1.165) is 12.8 Å². The molecule has 0 heterocycles. The van der Waals surface area contributed by atoms with Crippen molar-refractivity contribution in [3.63, 3.8) is 0 Å². The fourth-order valence-electron chi connectivity index (χ4n) is 3.98. The van der Waals surface area contributed by atoms with Crippen LogP contribution < -0.4 is 9.47 Å². The summed E-state index contributed by atoms with van der Waals surface area (Å²) < 4.78 is 37.7. The van der Waals surface area contributed by atoms with Crippen LogP contribution in [0.25, 0.3) is 0 Å². The van der Waals surface area contributed by atoms with Gasteiger partial charge < -0.3 is 14.6 Å². The number of carboxylic acid groups (broad SMARTS) is 1. The lowest BCUT2D eigenvalue weighted by Crippen LogP contribution is -2.36. The maximum Gasteiger partial charge on any atom is 0.307 e. The number of methoxy groups -OCH3 is 2. The minimum Gasteiger partial charge on any atom is -0.493 e. The van der Waals surface area contributed by atoms with Crippen molar-refractivity contribution in [1.29, 1.82) is 0 Å². The Kier molecular flexibility index (Phi) is 9.57. The average molecular weight is 463 g/mol. The van der Waals surface area contributed by atoms with Gasteiger partial charge in [0.2, 0.25) is 0 Å². The van der Waals surface area contributed by atoms with E-state index in [1.165, 1.54) is 38.0 Å². The van der Waals surface area contributed by atoms with E-state index >= 15 is 0 Å². The standard InChI is InChI=1S/C25H34O6S/c1-18(2)16-21(25(26)27)24(13-9-8-12-19-10-6-5-7-11-19)32(28,29)20-14-15-22(30-3)23(17-20)31-4/h5-7,10-11,14-15,17-18,21,24H,8-9,12-13,16H2,1-4H3,(H,26,27). The Bertz CT molecular complexity index is 969. The third kappa shape index (κ3) is 6.73. The number of hydrogen-bond donors (Lipinski definition) is 1. The van der Waals surface area contributed by atoms with E-state index in [4.69, 9.17) is 9.47 Å². The molecule has 0 fully saturated rings. The first kappa shape index (κ1) is 25.7. The van der Waals surface area contributed by atoms with Crippen molar-refractivity contribution in [2.75, 3.05) is 14.2 Å². The molecule has 0 aromatic heterocycles. The first-order valence-electron chi connectivity index (χ1n) is 10.9. The van der Waals surface area contributed by atoms with E-state index in [2.05, 4.69) is 0 Å². The molecule has 0 aliphatic heterocycles. The van der Waals surface area contributed by atoms with Crippen LogP contribution in [0, 0.1) is 11.8 Å². The Morgan fingerprint density at radius 1 is 0.969 bits per heavy atom. The molecule has 2 unspecified atom stereocenters. The van der Waals surface area contributed by atoms with Crippen LogP contribution in [0.3, 0.4) is 0 Å². The van der Waals surface area contributed by atoms with Crippen LogP contribution in [-0.4, -0.2) is 39.0 Å². The highest BCUT2D eigenvalue weighted by molar-refractivity contribution is 7.92. The zero-order valence-corrected chi connectivity index (χ0v) is 20.1. The first-order chi connectivity index (χ1) is 15.2. The number of rotatable bonds is 13. The van der Waals surface area contributed by atoms with Gasteiger partial charge in [0, 0.05) is 6.07 Å². The molecule has 0 aliphatic carbocycles. The van der Waals surface area contributed by atoms with Gasteiger partial charge in [-0.05, 0) is 49.3 Å². The number of unbranched alkanes of at least 4 members (excludes halogenated alkanes) is 1. The molecule has 0 radical (unpaired) electrons. The molecule has 0 saturated carbocycles. The summed E-state index contributed by atoms with van der Waals surface area (Å²) in [6.45, 7) is 3.82. The van der Waals surface area contributed by atoms with Crippen molar-refractivity contribution in [3.05, 3.63) is 54.1 Å².